The molecule has 1 fully saturated rings. The molecule has 2 atom stereocenters. The van der Waals surface area contributed by atoms with Crippen LogP contribution in [0.3, 0.4) is 0 Å². The topological polar surface area (TPSA) is 102 Å². The lowest BCUT2D eigenvalue weighted by molar-refractivity contribution is -0.124. The Labute approximate surface area is 139 Å². The van der Waals surface area contributed by atoms with E-state index in [9.17, 15) is 27.2 Å². The van der Waals surface area contributed by atoms with E-state index < -0.39 is 65.5 Å². The van der Waals surface area contributed by atoms with Gasteiger partial charge in [0.2, 0.25) is 17.5 Å². The molecule has 0 bridgehead atoms. The fraction of sp³-hybridized carbons (Fsp3) is 0.467. The molecule has 1 aromatic rings. The van der Waals surface area contributed by atoms with Gasteiger partial charge in [0.05, 0.1) is 18.2 Å². The Morgan fingerprint density at radius 1 is 1.24 bits per heavy atom. The van der Waals surface area contributed by atoms with E-state index >= 15 is 0 Å². The normalized spacial score (nSPS) is 18.2. The SMILES string of the molecule is N[C@@H](C[C@@H]1CCNC1=O)C(=O)COc1c(F)c(F)c(CO)c(F)c1F. The third kappa shape index (κ3) is 3.90. The number of aliphatic hydroxyl groups is 1. The maximum absolute atomic E-state index is 13.7. The van der Waals surface area contributed by atoms with E-state index in [0.717, 1.165) is 0 Å². The summed E-state index contributed by atoms with van der Waals surface area (Å²) in [5.74, 6) is -10.2. The fourth-order valence-corrected chi connectivity index (χ4v) is 2.48. The summed E-state index contributed by atoms with van der Waals surface area (Å²) in [4.78, 5) is 23.3. The van der Waals surface area contributed by atoms with E-state index in [-0.39, 0.29) is 12.3 Å². The van der Waals surface area contributed by atoms with Crippen molar-refractivity contribution in [2.75, 3.05) is 13.2 Å². The number of hydrogen-bond acceptors (Lipinski definition) is 5. The first-order valence-corrected chi connectivity index (χ1v) is 7.42. The van der Waals surface area contributed by atoms with Gasteiger partial charge < -0.3 is 20.9 Å². The van der Waals surface area contributed by atoms with Gasteiger partial charge in [-0.3, -0.25) is 9.59 Å². The molecule has 10 heteroatoms. The summed E-state index contributed by atoms with van der Waals surface area (Å²) < 4.78 is 59.0. The average Bonchev–Trinajstić information content (AvgIpc) is 2.98. The van der Waals surface area contributed by atoms with Crippen LogP contribution in [-0.4, -0.2) is 36.0 Å². The van der Waals surface area contributed by atoms with Crippen LogP contribution in [0.25, 0.3) is 0 Å². The van der Waals surface area contributed by atoms with Crippen LogP contribution in [0.4, 0.5) is 17.6 Å². The molecular formula is C15H16F4N2O4. The first kappa shape index (κ1) is 19.1. The van der Waals surface area contributed by atoms with E-state index in [4.69, 9.17) is 10.8 Å². The number of hydrogen-bond donors (Lipinski definition) is 3. The zero-order valence-corrected chi connectivity index (χ0v) is 13.0. The first-order chi connectivity index (χ1) is 11.8. The summed E-state index contributed by atoms with van der Waals surface area (Å²) in [7, 11) is 0. The Morgan fingerprint density at radius 3 is 2.32 bits per heavy atom. The molecule has 0 unspecified atom stereocenters. The molecule has 0 spiro atoms. The van der Waals surface area contributed by atoms with E-state index in [1.54, 1.807) is 0 Å². The zero-order valence-electron chi connectivity index (χ0n) is 13.0. The highest BCUT2D eigenvalue weighted by atomic mass is 19.2. The van der Waals surface area contributed by atoms with E-state index in [0.29, 0.717) is 13.0 Å². The van der Waals surface area contributed by atoms with Crippen molar-refractivity contribution in [3.8, 4) is 5.75 Å². The number of carbonyl (C=O) groups is 2. The zero-order chi connectivity index (χ0) is 18.7. The smallest absolute Gasteiger partial charge is 0.223 e. The molecule has 6 nitrogen and oxygen atoms in total. The molecule has 1 saturated heterocycles. The van der Waals surface area contributed by atoms with Crippen molar-refractivity contribution in [2.24, 2.45) is 11.7 Å². The maximum Gasteiger partial charge on any atom is 0.223 e. The van der Waals surface area contributed by atoms with Gasteiger partial charge in [0, 0.05) is 12.5 Å². The molecule has 0 aromatic heterocycles. The van der Waals surface area contributed by atoms with Gasteiger partial charge in [-0.25, -0.2) is 8.78 Å². The molecule has 1 amide bonds. The van der Waals surface area contributed by atoms with Crippen molar-refractivity contribution in [3.05, 3.63) is 28.8 Å². The van der Waals surface area contributed by atoms with Crippen molar-refractivity contribution in [2.45, 2.75) is 25.5 Å². The standard InChI is InChI=1S/C15H16F4N2O4/c16-10-7(4-22)11(17)13(19)14(12(10)18)25-5-9(23)8(20)3-6-1-2-21-15(6)24/h6,8,22H,1-5,20H2,(H,21,24)/t6-,8-/m0/s1. The van der Waals surface area contributed by atoms with Crippen LogP contribution in [0.5, 0.6) is 5.75 Å². The van der Waals surface area contributed by atoms with Crippen LogP contribution < -0.4 is 15.8 Å². The average molecular weight is 364 g/mol. The molecule has 0 aliphatic carbocycles. The highest BCUT2D eigenvalue weighted by Gasteiger charge is 2.30. The third-order valence-corrected chi connectivity index (χ3v) is 3.95. The van der Waals surface area contributed by atoms with Gasteiger partial charge >= 0.3 is 0 Å². The largest absolute Gasteiger partial charge is 0.479 e. The van der Waals surface area contributed by atoms with Crippen LogP contribution in [0, 0.1) is 29.2 Å². The van der Waals surface area contributed by atoms with Crippen LogP contribution in [0.2, 0.25) is 0 Å². The predicted molar refractivity (Wildman–Crippen MR) is 76.4 cm³/mol. The molecule has 1 aliphatic rings. The molecule has 138 valence electrons. The molecule has 1 aromatic carbocycles. The van der Waals surface area contributed by atoms with Crippen molar-refractivity contribution < 1.29 is 37.0 Å². The molecule has 0 saturated carbocycles. The van der Waals surface area contributed by atoms with E-state index in [1.165, 1.54) is 0 Å². The van der Waals surface area contributed by atoms with Crippen LogP contribution in [-0.2, 0) is 16.2 Å². The second-order valence-corrected chi connectivity index (χ2v) is 5.60. The molecule has 25 heavy (non-hydrogen) atoms. The van der Waals surface area contributed by atoms with Gasteiger partial charge in [-0.15, -0.1) is 0 Å². The van der Waals surface area contributed by atoms with Gasteiger partial charge in [0.25, 0.3) is 0 Å². The van der Waals surface area contributed by atoms with Crippen LogP contribution >= 0.6 is 0 Å². The second-order valence-electron chi connectivity index (χ2n) is 5.60. The fourth-order valence-electron chi connectivity index (χ4n) is 2.48. The number of ketones is 1. The number of rotatable bonds is 7. The number of benzene rings is 1. The van der Waals surface area contributed by atoms with Crippen molar-refractivity contribution in [1.82, 2.24) is 5.32 Å². The Kier molecular flexibility index (Phi) is 5.96. The van der Waals surface area contributed by atoms with Gasteiger partial charge in [-0.1, -0.05) is 0 Å². The summed E-state index contributed by atoms with van der Waals surface area (Å²) >= 11 is 0. The summed E-state index contributed by atoms with van der Waals surface area (Å²) in [6, 6.07) is -1.13. The minimum absolute atomic E-state index is 0.0190. The molecule has 0 radical (unpaired) electrons. The lowest BCUT2D eigenvalue weighted by atomic mass is 9.97. The number of ether oxygens (including phenoxy) is 1. The summed E-state index contributed by atoms with van der Waals surface area (Å²) in [6.45, 7) is -1.72. The molecule has 1 heterocycles. The lowest BCUT2D eigenvalue weighted by Crippen LogP contribution is -2.37. The maximum atomic E-state index is 13.7. The number of Topliss-reactive ketones (excluding diaryl/α,β-unsaturated/α-hetero) is 1. The van der Waals surface area contributed by atoms with Crippen LogP contribution in [0.1, 0.15) is 18.4 Å². The summed E-state index contributed by atoms with van der Waals surface area (Å²) in [5.41, 5.74) is 4.44. The Morgan fingerprint density at radius 2 is 1.84 bits per heavy atom. The molecule has 2 rings (SSSR count). The molecule has 1 aliphatic heterocycles. The van der Waals surface area contributed by atoms with Gasteiger partial charge in [0.15, 0.2) is 23.2 Å². The first-order valence-electron chi connectivity index (χ1n) is 7.42. The third-order valence-electron chi connectivity index (χ3n) is 3.95. The molecule has 4 N–H and O–H groups in total. The molecular weight excluding hydrogens is 348 g/mol. The Balaban J connectivity index is 2.05. The highest BCUT2D eigenvalue weighted by Crippen LogP contribution is 2.30. The minimum Gasteiger partial charge on any atom is -0.479 e. The number of halogens is 4. The minimum atomic E-state index is -1.86. The number of carbonyl (C=O) groups excluding carboxylic acids is 2. The van der Waals surface area contributed by atoms with Gasteiger partial charge in [-0.05, 0) is 12.8 Å². The lowest BCUT2D eigenvalue weighted by Gasteiger charge is -2.15. The monoisotopic (exact) mass is 364 g/mol. The summed E-state index contributed by atoms with van der Waals surface area (Å²) in [5, 5.41) is 11.3. The van der Waals surface area contributed by atoms with Crippen molar-refractivity contribution in [3.63, 3.8) is 0 Å². The quantitative estimate of drug-likeness (QED) is 0.484. The van der Waals surface area contributed by atoms with Crippen molar-refractivity contribution >= 4 is 11.7 Å². The van der Waals surface area contributed by atoms with Crippen LogP contribution in [0.15, 0.2) is 0 Å². The van der Waals surface area contributed by atoms with Gasteiger partial charge in [-0.2, -0.15) is 8.78 Å². The van der Waals surface area contributed by atoms with E-state index in [2.05, 4.69) is 10.1 Å². The number of nitrogens with one attached hydrogen (secondary N) is 1. The number of nitrogens with two attached hydrogens (primary N) is 1. The van der Waals surface area contributed by atoms with Gasteiger partial charge in [0.1, 0.15) is 6.61 Å². The highest BCUT2D eigenvalue weighted by molar-refractivity contribution is 5.87. The second kappa shape index (κ2) is 7.79. The number of amides is 1. The van der Waals surface area contributed by atoms with E-state index in [1.807, 2.05) is 0 Å². The predicted octanol–water partition coefficient (Wildman–Crippen LogP) is 0.537. The van der Waals surface area contributed by atoms with Crippen molar-refractivity contribution in [1.29, 1.82) is 0 Å². The summed E-state index contributed by atoms with van der Waals surface area (Å²) in [6.07, 6.45) is 0.522. The Bertz CT molecular complexity index is 670. The number of aliphatic hydroxyl groups excluding tert-OH is 1. The Hall–Kier alpha value is -2.20.